The van der Waals surface area contributed by atoms with E-state index in [-0.39, 0.29) is 12.4 Å². The van der Waals surface area contributed by atoms with Crippen LogP contribution in [0.25, 0.3) is 0 Å². The maximum atomic E-state index is 12.0. The largest absolute Gasteiger partial charge is 0.486 e. The molecule has 0 radical (unpaired) electrons. The van der Waals surface area contributed by atoms with E-state index in [4.69, 9.17) is 9.15 Å². The Kier molecular flexibility index (Phi) is 5.08. The van der Waals surface area contributed by atoms with Crippen LogP contribution in [0.5, 0.6) is 5.75 Å². The van der Waals surface area contributed by atoms with Gasteiger partial charge in [-0.1, -0.05) is 18.2 Å². The van der Waals surface area contributed by atoms with Gasteiger partial charge in [-0.3, -0.25) is 4.79 Å². The lowest BCUT2D eigenvalue weighted by Gasteiger charge is -2.03. The number of nitrogens with zero attached hydrogens (tertiary/aromatic N) is 1. The Hall–Kier alpha value is -2.86. The fourth-order valence-electron chi connectivity index (χ4n) is 1.97. The number of thiophene rings is 1. The summed E-state index contributed by atoms with van der Waals surface area (Å²) in [5.74, 6) is 1.12. The Morgan fingerprint density at radius 1 is 1.25 bits per heavy atom. The summed E-state index contributed by atoms with van der Waals surface area (Å²) in [6.07, 6.45) is 1.63. The summed E-state index contributed by atoms with van der Waals surface area (Å²) >= 11 is 1.57. The number of ether oxygens (including phenoxy) is 1. The van der Waals surface area contributed by atoms with E-state index in [0.29, 0.717) is 5.76 Å². The third-order valence-corrected chi connectivity index (χ3v) is 4.21. The fourth-order valence-corrected chi connectivity index (χ4v) is 2.76. The number of furan rings is 1. The molecule has 0 fully saturated rings. The van der Waals surface area contributed by atoms with E-state index < -0.39 is 5.91 Å². The molecule has 0 aliphatic rings. The number of para-hydroxylation sites is 1. The molecule has 0 saturated carbocycles. The minimum Gasteiger partial charge on any atom is -0.486 e. The predicted octanol–water partition coefficient (Wildman–Crippen LogP) is 3.99. The quantitative estimate of drug-likeness (QED) is 0.545. The molecule has 0 aliphatic heterocycles. The van der Waals surface area contributed by atoms with E-state index in [0.717, 1.165) is 16.2 Å². The van der Waals surface area contributed by atoms with Gasteiger partial charge in [-0.2, -0.15) is 5.10 Å². The summed E-state index contributed by atoms with van der Waals surface area (Å²) in [7, 11) is 0. The second-order valence-corrected chi connectivity index (χ2v) is 5.98. The number of hydrazone groups is 1. The second kappa shape index (κ2) is 7.61. The molecule has 0 bridgehead atoms. The van der Waals surface area contributed by atoms with Crippen LogP contribution < -0.4 is 10.2 Å². The molecule has 1 aromatic carbocycles. The number of hydrogen-bond acceptors (Lipinski definition) is 5. The summed E-state index contributed by atoms with van der Waals surface area (Å²) < 4.78 is 11.0. The summed E-state index contributed by atoms with van der Waals surface area (Å²) in [4.78, 5) is 13.0. The molecule has 3 rings (SSSR count). The van der Waals surface area contributed by atoms with Crippen molar-refractivity contribution in [2.24, 2.45) is 5.10 Å². The van der Waals surface area contributed by atoms with Crippen molar-refractivity contribution in [3.8, 4) is 5.75 Å². The van der Waals surface area contributed by atoms with E-state index in [1.54, 1.807) is 29.7 Å². The van der Waals surface area contributed by atoms with Crippen LogP contribution in [-0.2, 0) is 6.61 Å². The number of carbonyl (C=O) groups excluding carboxylic acids is 1. The van der Waals surface area contributed by atoms with Gasteiger partial charge in [0.05, 0.1) is 6.21 Å². The summed E-state index contributed by atoms with van der Waals surface area (Å²) in [6, 6.07) is 14.7. The van der Waals surface area contributed by atoms with Crippen molar-refractivity contribution in [1.29, 1.82) is 0 Å². The molecule has 0 spiro atoms. The van der Waals surface area contributed by atoms with Crippen LogP contribution in [0.15, 0.2) is 63.4 Å². The number of hydrogen-bond donors (Lipinski definition) is 1. The summed E-state index contributed by atoms with van der Waals surface area (Å²) in [6.45, 7) is 2.25. The highest BCUT2D eigenvalue weighted by molar-refractivity contribution is 7.11. The average Bonchev–Trinajstić information content (AvgIpc) is 3.23. The van der Waals surface area contributed by atoms with Gasteiger partial charge in [-0.15, -0.1) is 11.3 Å². The van der Waals surface area contributed by atoms with Crippen molar-refractivity contribution in [3.05, 3.63) is 75.9 Å². The molecule has 0 aliphatic carbocycles. The van der Waals surface area contributed by atoms with E-state index in [9.17, 15) is 4.79 Å². The molecule has 1 amide bonds. The van der Waals surface area contributed by atoms with Crippen LogP contribution in [0.1, 0.15) is 26.8 Å². The van der Waals surface area contributed by atoms with Gasteiger partial charge in [0.2, 0.25) is 0 Å². The van der Waals surface area contributed by atoms with Crippen molar-refractivity contribution < 1.29 is 13.9 Å². The number of aryl methyl sites for hydroxylation is 1. The topological polar surface area (TPSA) is 63.8 Å². The van der Waals surface area contributed by atoms with Gasteiger partial charge < -0.3 is 9.15 Å². The molecule has 1 N–H and O–H groups in total. The molecule has 0 saturated heterocycles. The first-order valence-electron chi connectivity index (χ1n) is 7.36. The van der Waals surface area contributed by atoms with Gasteiger partial charge in [0.15, 0.2) is 5.76 Å². The maximum absolute atomic E-state index is 12.0. The molecular formula is C18H16N2O3S. The Morgan fingerprint density at radius 2 is 2.08 bits per heavy atom. The number of nitrogens with one attached hydrogen (secondary N) is 1. The zero-order valence-electron chi connectivity index (χ0n) is 13.1. The van der Waals surface area contributed by atoms with Crippen LogP contribution >= 0.6 is 11.3 Å². The predicted molar refractivity (Wildman–Crippen MR) is 93.6 cm³/mol. The van der Waals surface area contributed by atoms with Gasteiger partial charge in [-0.05, 0) is 48.2 Å². The third kappa shape index (κ3) is 4.11. The van der Waals surface area contributed by atoms with Crippen LogP contribution in [0.4, 0.5) is 0 Å². The van der Waals surface area contributed by atoms with Crippen molar-refractivity contribution in [3.63, 3.8) is 0 Å². The van der Waals surface area contributed by atoms with Crippen LogP contribution in [0, 0.1) is 6.92 Å². The van der Waals surface area contributed by atoms with Crippen molar-refractivity contribution in [2.75, 3.05) is 0 Å². The van der Waals surface area contributed by atoms with Crippen LogP contribution in [0.2, 0.25) is 0 Å². The van der Waals surface area contributed by atoms with Gasteiger partial charge in [0.1, 0.15) is 18.1 Å². The summed E-state index contributed by atoms with van der Waals surface area (Å²) in [5.41, 5.74) is 3.58. The van der Waals surface area contributed by atoms with Gasteiger partial charge in [0.25, 0.3) is 0 Å². The molecule has 24 heavy (non-hydrogen) atoms. The van der Waals surface area contributed by atoms with E-state index >= 15 is 0 Å². The van der Waals surface area contributed by atoms with Gasteiger partial charge >= 0.3 is 5.91 Å². The first-order chi connectivity index (χ1) is 11.7. The Balaban J connectivity index is 1.54. The lowest BCUT2D eigenvalue weighted by Crippen LogP contribution is -2.16. The fraction of sp³-hybridized carbons (Fsp3) is 0.111. The molecule has 3 aromatic rings. The maximum Gasteiger partial charge on any atom is 0.307 e. The Morgan fingerprint density at radius 3 is 2.83 bits per heavy atom. The smallest absolute Gasteiger partial charge is 0.307 e. The van der Waals surface area contributed by atoms with Crippen LogP contribution in [0.3, 0.4) is 0 Å². The van der Waals surface area contributed by atoms with Gasteiger partial charge in [-0.25, -0.2) is 5.43 Å². The highest BCUT2D eigenvalue weighted by atomic mass is 32.1. The normalized spacial score (nSPS) is 10.9. The number of carbonyl (C=O) groups is 1. The molecule has 5 nitrogen and oxygen atoms in total. The van der Waals surface area contributed by atoms with Crippen molar-refractivity contribution in [2.45, 2.75) is 13.5 Å². The number of benzene rings is 1. The highest BCUT2D eigenvalue weighted by Gasteiger charge is 2.10. The molecule has 0 unspecified atom stereocenters. The number of amides is 1. The van der Waals surface area contributed by atoms with E-state index in [1.807, 2.05) is 48.7 Å². The monoisotopic (exact) mass is 340 g/mol. The number of rotatable bonds is 6. The van der Waals surface area contributed by atoms with Crippen molar-refractivity contribution >= 4 is 23.5 Å². The lowest BCUT2D eigenvalue weighted by molar-refractivity contribution is 0.0923. The Labute approximate surface area is 143 Å². The average molecular weight is 340 g/mol. The zero-order chi connectivity index (χ0) is 16.8. The summed E-state index contributed by atoms with van der Waals surface area (Å²) in [5, 5.41) is 5.92. The molecule has 2 heterocycles. The molecule has 2 aromatic heterocycles. The lowest BCUT2D eigenvalue weighted by atomic mass is 10.3. The molecule has 122 valence electrons. The van der Waals surface area contributed by atoms with E-state index in [1.165, 1.54) is 0 Å². The second-order valence-electron chi connectivity index (χ2n) is 5.03. The zero-order valence-corrected chi connectivity index (χ0v) is 13.9. The molecule has 0 atom stereocenters. The van der Waals surface area contributed by atoms with Crippen LogP contribution in [-0.4, -0.2) is 12.1 Å². The SMILES string of the molecule is Cc1ccsc1/C=N\NC(=O)c1ccc(COc2ccccc2)o1. The Bertz CT molecular complexity index is 837. The first kappa shape index (κ1) is 16.0. The van der Waals surface area contributed by atoms with Crippen molar-refractivity contribution in [1.82, 2.24) is 5.43 Å². The van der Waals surface area contributed by atoms with Gasteiger partial charge in [0, 0.05) is 4.88 Å². The third-order valence-electron chi connectivity index (χ3n) is 3.26. The standard InChI is InChI=1S/C18H16N2O3S/c1-13-9-10-24-17(13)11-19-20-18(21)16-8-7-15(23-16)12-22-14-5-3-2-4-6-14/h2-11H,12H2,1H3,(H,20,21)/b19-11-. The highest BCUT2D eigenvalue weighted by Crippen LogP contribution is 2.14. The molecule has 6 heteroatoms. The first-order valence-corrected chi connectivity index (χ1v) is 8.24. The molecular weight excluding hydrogens is 324 g/mol. The van der Waals surface area contributed by atoms with E-state index in [2.05, 4.69) is 10.5 Å². The minimum absolute atomic E-state index is 0.196. The minimum atomic E-state index is -0.397.